The van der Waals surface area contributed by atoms with Crippen LogP contribution in [0.3, 0.4) is 0 Å². The molecular weight excluding hydrogens is 234 g/mol. The van der Waals surface area contributed by atoms with Gasteiger partial charge in [0.05, 0.1) is 12.8 Å². The van der Waals surface area contributed by atoms with Crippen molar-refractivity contribution >= 4 is 23.4 Å². The van der Waals surface area contributed by atoms with Crippen molar-refractivity contribution in [3.63, 3.8) is 0 Å². The first-order valence-corrected chi connectivity index (χ1v) is 5.09. The van der Waals surface area contributed by atoms with E-state index in [0.717, 1.165) is 11.5 Å². The number of carboxylic acids is 1. The molecule has 8 heteroatoms. The molecule has 0 aromatic carbocycles. The van der Waals surface area contributed by atoms with Crippen LogP contribution >= 0.6 is 11.5 Å². The van der Waals surface area contributed by atoms with Crippen molar-refractivity contribution in [2.75, 3.05) is 13.7 Å². The molecule has 1 amide bonds. The molecule has 0 saturated carbocycles. The molecule has 1 aromatic rings. The highest BCUT2D eigenvalue weighted by Crippen LogP contribution is 2.09. The maximum atomic E-state index is 11.6. The third-order valence-electron chi connectivity index (χ3n) is 1.88. The topological polar surface area (TPSA) is 101 Å². The average molecular weight is 245 g/mol. The molecule has 1 unspecified atom stereocenters. The van der Waals surface area contributed by atoms with Gasteiger partial charge in [-0.15, -0.1) is 5.10 Å². The number of amides is 1. The number of aliphatic carboxylic acids is 1. The van der Waals surface area contributed by atoms with Gasteiger partial charge in [-0.3, -0.25) is 4.79 Å². The van der Waals surface area contributed by atoms with Crippen LogP contribution < -0.4 is 5.32 Å². The van der Waals surface area contributed by atoms with Crippen LogP contribution in [0.25, 0.3) is 0 Å². The molecule has 0 radical (unpaired) electrons. The van der Waals surface area contributed by atoms with Crippen molar-refractivity contribution in [2.45, 2.75) is 12.5 Å². The molecule has 0 aliphatic rings. The molecule has 0 aliphatic heterocycles. The molecule has 1 atom stereocenters. The molecule has 0 spiro atoms. The van der Waals surface area contributed by atoms with Gasteiger partial charge in [-0.05, 0) is 18.5 Å². The van der Waals surface area contributed by atoms with Crippen LogP contribution in [0.5, 0.6) is 0 Å². The summed E-state index contributed by atoms with van der Waals surface area (Å²) in [6.07, 6.45) is 1.27. The van der Waals surface area contributed by atoms with E-state index in [0.29, 0.717) is 0 Å². The van der Waals surface area contributed by atoms with E-state index in [2.05, 4.69) is 14.9 Å². The fourth-order valence-electron chi connectivity index (χ4n) is 1.02. The summed E-state index contributed by atoms with van der Waals surface area (Å²) in [6, 6.07) is 0. The summed E-state index contributed by atoms with van der Waals surface area (Å²) in [4.78, 5) is 22.8. The van der Waals surface area contributed by atoms with E-state index in [1.807, 2.05) is 0 Å². The van der Waals surface area contributed by atoms with Crippen molar-refractivity contribution in [3.8, 4) is 0 Å². The standard InChI is InChI=1S/C8H11N3O4S/c1-8(4-15-2,7(13)14)10-6(12)5-3-9-11-16-5/h3H,4H2,1-2H3,(H,10,12)(H,13,14). The number of hydrogen-bond donors (Lipinski definition) is 2. The van der Waals surface area contributed by atoms with Gasteiger partial charge in [0, 0.05) is 7.11 Å². The van der Waals surface area contributed by atoms with Crippen LogP contribution in [0.1, 0.15) is 16.6 Å². The second-order valence-electron chi connectivity index (χ2n) is 3.31. The fourth-order valence-corrected chi connectivity index (χ4v) is 1.43. The van der Waals surface area contributed by atoms with E-state index >= 15 is 0 Å². The molecule has 0 bridgehead atoms. The van der Waals surface area contributed by atoms with Gasteiger partial charge < -0.3 is 15.2 Å². The van der Waals surface area contributed by atoms with Crippen LogP contribution in [0.2, 0.25) is 0 Å². The smallest absolute Gasteiger partial charge is 0.331 e. The maximum Gasteiger partial charge on any atom is 0.331 e. The number of nitrogens with zero attached hydrogens (tertiary/aromatic N) is 2. The van der Waals surface area contributed by atoms with Gasteiger partial charge in [0.15, 0.2) is 5.54 Å². The number of rotatable bonds is 5. The predicted octanol–water partition coefficient (Wildman–Crippen LogP) is -0.242. The minimum Gasteiger partial charge on any atom is -0.479 e. The zero-order valence-corrected chi connectivity index (χ0v) is 9.58. The van der Waals surface area contributed by atoms with Gasteiger partial charge in [0.1, 0.15) is 4.88 Å². The van der Waals surface area contributed by atoms with E-state index in [9.17, 15) is 9.59 Å². The predicted molar refractivity (Wildman–Crippen MR) is 55.3 cm³/mol. The Morgan fingerprint density at radius 1 is 1.69 bits per heavy atom. The number of carboxylic acid groups (broad SMARTS) is 1. The van der Waals surface area contributed by atoms with Crippen LogP contribution in [0, 0.1) is 0 Å². The number of methoxy groups -OCH3 is 1. The molecule has 7 nitrogen and oxygen atoms in total. The summed E-state index contributed by atoms with van der Waals surface area (Å²) in [5, 5.41) is 14.8. The second kappa shape index (κ2) is 4.99. The summed E-state index contributed by atoms with van der Waals surface area (Å²) in [6.45, 7) is 1.24. The van der Waals surface area contributed by atoms with Gasteiger partial charge in [0.2, 0.25) is 0 Å². The molecule has 1 aromatic heterocycles. The molecule has 0 fully saturated rings. The Balaban J connectivity index is 2.77. The minimum atomic E-state index is -1.46. The second-order valence-corrected chi connectivity index (χ2v) is 4.09. The fraction of sp³-hybridized carbons (Fsp3) is 0.500. The number of nitrogens with one attached hydrogen (secondary N) is 1. The molecule has 1 heterocycles. The van der Waals surface area contributed by atoms with Gasteiger partial charge >= 0.3 is 5.97 Å². The molecular formula is C8H11N3O4S. The van der Waals surface area contributed by atoms with Crippen molar-refractivity contribution in [2.24, 2.45) is 0 Å². The normalized spacial score (nSPS) is 14.1. The summed E-state index contributed by atoms with van der Waals surface area (Å²) in [5.41, 5.74) is -1.46. The van der Waals surface area contributed by atoms with Gasteiger partial charge in [-0.1, -0.05) is 4.49 Å². The van der Waals surface area contributed by atoms with E-state index in [1.165, 1.54) is 20.2 Å². The summed E-state index contributed by atoms with van der Waals surface area (Å²) >= 11 is 0.895. The van der Waals surface area contributed by atoms with Gasteiger partial charge in [0.25, 0.3) is 5.91 Å². The summed E-state index contributed by atoms with van der Waals surface area (Å²) in [7, 11) is 1.36. The molecule has 0 aliphatic carbocycles. The van der Waals surface area contributed by atoms with E-state index in [-0.39, 0.29) is 11.5 Å². The summed E-state index contributed by atoms with van der Waals surface area (Å²) < 4.78 is 8.28. The van der Waals surface area contributed by atoms with E-state index in [1.54, 1.807) is 0 Å². The first kappa shape index (κ1) is 12.5. The third kappa shape index (κ3) is 2.74. The third-order valence-corrected chi connectivity index (χ3v) is 2.54. The first-order valence-electron chi connectivity index (χ1n) is 4.32. The number of carbonyl (C=O) groups is 2. The van der Waals surface area contributed by atoms with Crippen molar-refractivity contribution in [1.82, 2.24) is 14.9 Å². The Morgan fingerprint density at radius 3 is 2.81 bits per heavy atom. The van der Waals surface area contributed by atoms with Crippen LogP contribution in [-0.4, -0.2) is 45.8 Å². The molecule has 0 saturated heterocycles. The number of carbonyl (C=O) groups excluding carboxylic acids is 1. The number of ether oxygens (including phenoxy) is 1. The van der Waals surface area contributed by atoms with E-state index < -0.39 is 17.4 Å². The van der Waals surface area contributed by atoms with Crippen molar-refractivity contribution in [3.05, 3.63) is 11.1 Å². The lowest BCUT2D eigenvalue weighted by Gasteiger charge is -2.24. The van der Waals surface area contributed by atoms with Crippen LogP contribution in [-0.2, 0) is 9.53 Å². The Hall–Kier alpha value is -1.54. The lowest BCUT2D eigenvalue weighted by Crippen LogP contribution is -2.55. The molecule has 1 rings (SSSR count). The largest absolute Gasteiger partial charge is 0.479 e. The Kier molecular flexibility index (Phi) is 3.91. The number of aromatic nitrogens is 2. The first-order chi connectivity index (χ1) is 7.49. The highest BCUT2D eigenvalue weighted by atomic mass is 32.1. The lowest BCUT2D eigenvalue weighted by molar-refractivity contribution is -0.145. The number of hydrogen-bond acceptors (Lipinski definition) is 6. The highest BCUT2D eigenvalue weighted by molar-refractivity contribution is 7.07. The lowest BCUT2D eigenvalue weighted by atomic mass is 10.0. The Morgan fingerprint density at radius 2 is 2.38 bits per heavy atom. The Bertz CT molecular complexity index is 381. The minimum absolute atomic E-state index is 0.125. The van der Waals surface area contributed by atoms with Crippen LogP contribution in [0.15, 0.2) is 6.20 Å². The van der Waals surface area contributed by atoms with Gasteiger partial charge in [-0.25, -0.2) is 4.79 Å². The van der Waals surface area contributed by atoms with Gasteiger partial charge in [-0.2, -0.15) is 0 Å². The SMILES string of the molecule is COCC(C)(NC(=O)c1cnns1)C(=O)O. The van der Waals surface area contributed by atoms with E-state index in [4.69, 9.17) is 9.84 Å². The molecule has 88 valence electrons. The molecule has 2 N–H and O–H groups in total. The van der Waals surface area contributed by atoms with Crippen molar-refractivity contribution in [1.29, 1.82) is 0 Å². The summed E-state index contributed by atoms with van der Waals surface area (Å²) in [5.74, 6) is -1.70. The zero-order valence-electron chi connectivity index (χ0n) is 8.76. The molecule has 16 heavy (non-hydrogen) atoms. The quantitative estimate of drug-likeness (QED) is 0.742. The zero-order chi connectivity index (χ0) is 12.2. The monoisotopic (exact) mass is 245 g/mol. The Labute approximate surface area is 95.6 Å². The highest BCUT2D eigenvalue weighted by Gasteiger charge is 2.35. The maximum absolute atomic E-state index is 11.6. The van der Waals surface area contributed by atoms with Crippen molar-refractivity contribution < 1.29 is 19.4 Å². The van der Waals surface area contributed by atoms with Crippen LogP contribution in [0.4, 0.5) is 0 Å². The average Bonchev–Trinajstić information content (AvgIpc) is 2.70.